The molecule has 5 nitrogen and oxygen atoms in total. The first kappa shape index (κ1) is 5.96. The van der Waals surface area contributed by atoms with Crippen molar-refractivity contribution in [1.82, 2.24) is 10.7 Å². The zero-order valence-electron chi connectivity index (χ0n) is 4.20. The summed E-state index contributed by atoms with van der Waals surface area (Å²) in [5.74, 6) is 0. The van der Waals surface area contributed by atoms with E-state index in [0.29, 0.717) is 0 Å². The molecule has 0 unspecified atom stereocenters. The highest BCUT2D eigenvalue weighted by atomic mass is 32.1. The summed E-state index contributed by atoms with van der Waals surface area (Å²) in [6.07, 6.45) is 1.08. The summed E-state index contributed by atoms with van der Waals surface area (Å²) in [5, 5.41) is 9.80. The van der Waals surface area contributed by atoms with Crippen LogP contribution in [0.3, 0.4) is 0 Å². The van der Waals surface area contributed by atoms with Crippen molar-refractivity contribution in [2.75, 3.05) is 0 Å². The van der Waals surface area contributed by atoms with Crippen molar-refractivity contribution < 1.29 is 4.92 Å². The Morgan fingerprint density at radius 1 is 1.89 bits per heavy atom. The molecule has 0 aliphatic heterocycles. The molecule has 0 fully saturated rings. The maximum Gasteiger partial charge on any atom is 0.345 e. The smallest absolute Gasteiger partial charge is 0.273 e. The van der Waals surface area contributed by atoms with Gasteiger partial charge in [-0.3, -0.25) is 15.8 Å². The Bertz CT molecular complexity index is 233. The van der Waals surface area contributed by atoms with E-state index in [1.165, 1.54) is 0 Å². The van der Waals surface area contributed by atoms with E-state index >= 15 is 0 Å². The molecule has 47 valence electrons. The van der Waals surface area contributed by atoms with Crippen molar-refractivity contribution in [2.45, 2.75) is 0 Å². The summed E-state index contributed by atoms with van der Waals surface area (Å²) in [4.78, 5) is 12.7. The van der Waals surface area contributed by atoms with Crippen LogP contribution in [0.15, 0.2) is 6.20 Å². The molecule has 1 rings (SSSR count). The van der Waals surface area contributed by atoms with Crippen molar-refractivity contribution in [3.05, 3.63) is 16.3 Å². The maximum atomic E-state index is 9.91. The SMILES string of the molecule is [NH]c1ncc([N+](=O)[O-])s1. The minimum Gasteiger partial charge on any atom is -0.273 e. The Kier molecular flexibility index (Phi) is 1.31. The van der Waals surface area contributed by atoms with Gasteiger partial charge >= 0.3 is 5.00 Å². The van der Waals surface area contributed by atoms with Crippen molar-refractivity contribution in [3.8, 4) is 0 Å². The fraction of sp³-hybridized carbons (Fsp3) is 0. The molecule has 0 atom stereocenters. The van der Waals surface area contributed by atoms with Crippen molar-refractivity contribution in [1.29, 1.82) is 0 Å². The summed E-state index contributed by atoms with van der Waals surface area (Å²) in [6.45, 7) is 0. The lowest BCUT2D eigenvalue weighted by atomic mass is 10.9. The standard InChI is InChI=1S/C3H2N3O2S/c4-3-5-1-2(9-3)6(7)8/h1,4H. The number of rotatable bonds is 1. The Hall–Kier alpha value is -1.17. The van der Waals surface area contributed by atoms with Crippen LogP contribution in [-0.4, -0.2) is 9.91 Å². The molecule has 6 heteroatoms. The lowest BCUT2D eigenvalue weighted by Gasteiger charge is -1.76. The van der Waals surface area contributed by atoms with Crippen LogP contribution in [0.25, 0.3) is 0 Å². The molecule has 1 radical (unpaired) electrons. The Labute approximate surface area is 54.3 Å². The summed E-state index contributed by atoms with van der Waals surface area (Å²) >= 11 is 0.752. The van der Waals surface area contributed by atoms with Gasteiger partial charge in [-0.05, 0) is 11.3 Å². The van der Waals surface area contributed by atoms with Crippen molar-refractivity contribution in [3.63, 3.8) is 0 Å². The third kappa shape index (κ3) is 1.14. The van der Waals surface area contributed by atoms with Gasteiger partial charge in [0.2, 0.25) is 5.13 Å². The molecule has 0 aliphatic rings. The van der Waals surface area contributed by atoms with E-state index in [0.717, 1.165) is 17.5 Å². The fourth-order valence-electron chi connectivity index (χ4n) is 0.350. The van der Waals surface area contributed by atoms with Crippen LogP contribution >= 0.6 is 11.3 Å². The second-order valence-electron chi connectivity index (χ2n) is 1.26. The van der Waals surface area contributed by atoms with Gasteiger partial charge in [0.05, 0.1) is 4.92 Å². The number of hydrogen-bond donors (Lipinski definition) is 0. The molecule has 1 heterocycles. The first-order valence-corrected chi connectivity index (χ1v) is 2.83. The molecule has 0 saturated heterocycles. The monoisotopic (exact) mass is 144 g/mol. The highest BCUT2D eigenvalue weighted by Crippen LogP contribution is 2.22. The van der Waals surface area contributed by atoms with Gasteiger partial charge in [-0.25, -0.2) is 4.98 Å². The quantitative estimate of drug-likeness (QED) is 0.435. The molecule has 1 N–H and O–H groups in total. The molecule has 0 aliphatic carbocycles. The van der Waals surface area contributed by atoms with Crippen molar-refractivity contribution >= 4 is 21.5 Å². The summed E-state index contributed by atoms with van der Waals surface area (Å²) < 4.78 is 0. The van der Waals surface area contributed by atoms with Crippen LogP contribution in [0.5, 0.6) is 0 Å². The van der Waals surface area contributed by atoms with Crippen molar-refractivity contribution in [2.24, 2.45) is 0 Å². The van der Waals surface area contributed by atoms with E-state index in [2.05, 4.69) is 4.98 Å². The van der Waals surface area contributed by atoms with Crippen LogP contribution in [0.4, 0.5) is 10.1 Å². The minimum absolute atomic E-state index is 0.0262. The maximum absolute atomic E-state index is 9.91. The van der Waals surface area contributed by atoms with E-state index in [-0.39, 0.29) is 10.1 Å². The molecule has 0 saturated carbocycles. The Balaban J connectivity index is 2.98. The molecule has 0 aromatic carbocycles. The minimum atomic E-state index is -0.560. The van der Waals surface area contributed by atoms with Gasteiger partial charge in [-0.2, -0.15) is 0 Å². The summed E-state index contributed by atoms with van der Waals surface area (Å²) in [7, 11) is 0. The molecule has 0 bridgehead atoms. The van der Waals surface area contributed by atoms with Gasteiger partial charge in [0.25, 0.3) is 0 Å². The Morgan fingerprint density at radius 3 is 2.78 bits per heavy atom. The van der Waals surface area contributed by atoms with Gasteiger partial charge in [0.15, 0.2) is 0 Å². The average molecular weight is 144 g/mol. The zero-order valence-corrected chi connectivity index (χ0v) is 5.01. The van der Waals surface area contributed by atoms with Gasteiger partial charge in [-0.15, -0.1) is 0 Å². The zero-order chi connectivity index (χ0) is 6.85. The highest BCUT2D eigenvalue weighted by molar-refractivity contribution is 7.18. The van der Waals surface area contributed by atoms with Gasteiger partial charge in [-0.1, -0.05) is 0 Å². The van der Waals surface area contributed by atoms with E-state index in [1.54, 1.807) is 0 Å². The number of thiazole rings is 1. The lowest BCUT2D eigenvalue weighted by molar-refractivity contribution is -0.380. The predicted molar refractivity (Wildman–Crippen MR) is 31.5 cm³/mol. The first-order chi connectivity index (χ1) is 4.20. The van der Waals surface area contributed by atoms with Gasteiger partial charge in [0.1, 0.15) is 6.20 Å². The Morgan fingerprint density at radius 2 is 2.56 bits per heavy atom. The van der Waals surface area contributed by atoms with E-state index in [9.17, 15) is 10.1 Å². The second kappa shape index (κ2) is 1.98. The topological polar surface area (TPSA) is 79.8 Å². The van der Waals surface area contributed by atoms with Crippen LogP contribution in [-0.2, 0) is 0 Å². The average Bonchev–Trinajstić information content (AvgIpc) is 2.14. The second-order valence-corrected chi connectivity index (χ2v) is 2.27. The predicted octanol–water partition coefficient (Wildman–Crippen LogP) is 0.966. The third-order valence-electron chi connectivity index (χ3n) is 0.673. The van der Waals surface area contributed by atoms with Gasteiger partial charge < -0.3 is 0 Å². The van der Waals surface area contributed by atoms with Crippen LogP contribution in [0.2, 0.25) is 0 Å². The molecule has 9 heavy (non-hydrogen) atoms. The van der Waals surface area contributed by atoms with E-state index < -0.39 is 4.92 Å². The normalized spacial score (nSPS) is 9.33. The van der Waals surface area contributed by atoms with E-state index in [4.69, 9.17) is 5.73 Å². The molecule has 1 aromatic heterocycles. The largest absolute Gasteiger partial charge is 0.345 e. The van der Waals surface area contributed by atoms with Crippen LogP contribution in [0, 0.1) is 10.1 Å². The summed E-state index contributed by atoms with van der Waals surface area (Å²) in [5.41, 5.74) is 6.81. The number of nitrogens with one attached hydrogen (secondary N) is 1. The van der Waals surface area contributed by atoms with Crippen LogP contribution < -0.4 is 5.73 Å². The molecule has 0 amide bonds. The lowest BCUT2D eigenvalue weighted by Crippen LogP contribution is -1.80. The third-order valence-corrected chi connectivity index (χ3v) is 1.44. The fourth-order valence-corrected chi connectivity index (χ4v) is 0.833. The number of nitrogens with zero attached hydrogens (tertiary/aromatic N) is 2. The van der Waals surface area contributed by atoms with Crippen LogP contribution in [0.1, 0.15) is 0 Å². The number of nitro groups is 1. The first-order valence-electron chi connectivity index (χ1n) is 2.02. The number of hydrogen-bond acceptors (Lipinski definition) is 4. The molecular formula is C3H2N3O2S. The highest BCUT2D eigenvalue weighted by Gasteiger charge is 2.08. The molecule has 0 spiro atoms. The van der Waals surface area contributed by atoms with E-state index in [1.807, 2.05) is 0 Å². The number of aromatic nitrogens is 1. The summed E-state index contributed by atoms with van der Waals surface area (Å²) in [6, 6.07) is 0. The molecule has 1 aromatic rings. The molecular weight excluding hydrogens is 142 g/mol. The van der Waals surface area contributed by atoms with Gasteiger partial charge in [0, 0.05) is 0 Å².